The highest BCUT2D eigenvalue weighted by molar-refractivity contribution is 5.68. The van der Waals surface area contributed by atoms with E-state index in [9.17, 15) is 4.79 Å². The molecule has 0 amide bonds. The number of piperidine rings is 1. The van der Waals surface area contributed by atoms with Crippen molar-refractivity contribution in [3.63, 3.8) is 0 Å². The summed E-state index contributed by atoms with van der Waals surface area (Å²) in [6.45, 7) is 0.823. The van der Waals surface area contributed by atoms with Crippen molar-refractivity contribution in [1.82, 2.24) is 4.98 Å². The summed E-state index contributed by atoms with van der Waals surface area (Å²) in [5, 5.41) is 8.98. The van der Waals surface area contributed by atoms with Gasteiger partial charge >= 0.3 is 0 Å². The Hall–Kier alpha value is -1.89. The van der Waals surface area contributed by atoms with Gasteiger partial charge in [0.25, 0.3) is 0 Å². The van der Waals surface area contributed by atoms with Gasteiger partial charge in [0, 0.05) is 12.7 Å². The van der Waals surface area contributed by atoms with Crippen molar-refractivity contribution in [2.75, 3.05) is 11.4 Å². The standard InChI is InChI=1S/C12H13N3O/c13-8-11-12(5-3-6-14-11)15-7-2-1-4-10(15)9-16/h3,5-6,9-10H,1-2,4,7H2. The number of hydrogen-bond donors (Lipinski definition) is 0. The van der Waals surface area contributed by atoms with E-state index >= 15 is 0 Å². The summed E-state index contributed by atoms with van der Waals surface area (Å²) >= 11 is 0. The Morgan fingerprint density at radius 2 is 2.44 bits per heavy atom. The van der Waals surface area contributed by atoms with Crippen molar-refractivity contribution in [2.24, 2.45) is 0 Å². The van der Waals surface area contributed by atoms with Crippen LogP contribution in [0.2, 0.25) is 0 Å². The molecule has 16 heavy (non-hydrogen) atoms. The van der Waals surface area contributed by atoms with Crippen molar-refractivity contribution in [2.45, 2.75) is 25.3 Å². The van der Waals surface area contributed by atoms with Crippen molar-refractivity contribution in [3.8, 4) is 6.07 Å². The van der Waals surface area contributed by atoms with E-state index < -0.39 is 0 Å². The fourth-order valence-corrected chi connectivity index (χ4v) is 2.11. The number of nitriles is 1. The third-order valence-electron chi connectivity index (χ3n) is 2.91. The van der Waals surface area contributed by atoms with Crippen LogP contribution in [0.5, 0.6) is 0 Å². The third-order valence-corrected chi connectivity index (χ3v) is 2.91. The van der Waals surface area contributed by atoms with Crippen LogP contribution in [0.1, 0.15) is 25.0 Å². The fourth-order valence-electron chi connectivity index (χ4n) is 2.11. The number of rotatable bonds is 2. The largest absolute Gasteiger partial charge is 0.359 e. The Kier molecular flexibility index (Phi) is 3.16. The molecule has 82 valence electrons. The van der Waals surface area contributed by atoms with E-state index in [-0.39, 0.29) is 6.04 Å². The molecule has 1 aromatic heterocycles. The molecule has 1 fully saturated rings. The topological polar surface area (TPSA) is 57.0 Å². The number of pyridine rings is 1. The third kappa shape index (κ3) is 1.89. The van der Waals surface area contributed by atoms with Crippen LogP contribution in [0.15, 0.2) is 18.3 Å². The van der Waals surface area contributed by atoms with Crippen LogP contribution in [0.4, 0.5) is 5.69 Å². The van der Waals surface area contributed by atoms with Gasteiger partial charge in [-0.15, -0.1) is 0 Å². The first kappa shape index (κ1) is 10.6. The molecule has 0 aliphatic carbocycles. The van der Waals surface area contributed by atoms with Gasteiger partial charge in [-0.3, -0.25) is 0 Å². The van der Waals surface area contributed by atoms with Gasteiger partial charge in [-0.2, -0.15) is 5.26 Å². The lowest BCUT2D eigenvalue weighted by molar-refractivity contribution is -0.109. The van der Waals surface area contributed by atoms with Crippen LogP contribution in [-0.2, 0) is 4.79 Å². The Balaban J connectivity index is 2.34. The molecule has 1 aromatic rings. The maximum absolute atomic E-state index is 11.0. The molecule has 4 heteroatoms. The highest BCUT2D eigenvalue weighted by atomic mass is 16.1. The second-order valence-electron chi connectivity index (χ2n) is 3.88. The minimum absolute atomic E-state index is 0.106. The molecule has 1 atom stereocenters. The Bertz CT molecular complexity index is 425. The lowest BCUT2D eigenvalue weighted by Gasteiger charge is -2.34. The van der Waals surface area contributed by atoms with Crippen molar-refractivity contribution in [3.05, 3.63) is 24.0 Å². The van der Waals surface area contributed by atoms with Crippen LogP contribution in [0.3, 0.4) is 0 Å². The van der Waals surface area contributed by atoms with E-state index in [1.807, 2.05) is 11.0 Å². The Morgan fingerprint density at radius 1 is 1.56 bits per heavy atom. The molecule has 1 aliphatic rings. The smallest absolute Gasteiger partial charge is 0.163 e. The maximum atomic E-state index is 11.0. The van der Waals surface area contributed by atoms with Gasteiger partial charge in [0.15, 0.2) is 5.69 Å². The molecule has 0 bridgehead atoms. The number of aromatic nitrogens is 1. The molecular formula is C12H13N3O. The lowest BCUT2D eigenvalue weighted by atomic mass is 10.0. The average molecular weight is 215 g/mol. The molecule has 1 aliphatic heterocycles. The molecule has 4 nitrogen and oxygen atoms in total. The Morgan fingerprint density at radius 3 is 3.19 bits per heavy atom. The number of hydrogen-bond acceptors (Lipinski definition) is 4. The van der Waals surface area contributed by atoms with Gasteiger partial charge < -0.3 is 9.69 Å². The molecule has 1 saturated heterocycles. The SMILES string of the molecule is N#Cc1ncccc1N1CCCCC1C=O. The summed E-state index contributed by atoms with van der Waals surface area (Å²) < 4.78 is 0. The van der Waals surface area contributed by atoms with Crippen LogP contribution >= 0.6 is 0 Å². The molecule has 2 heterocycles. The molecule has 1 unspecified atom stereocenters. The maximum Gasteiger partial charge on any atom is 0.163 e. The Labute approximate surface area is 94.5 Å². The fraction of sp³-hybridized carbons (Fsp3) is 0.417. The number of anilines is 1. The molecule has 2 rings (SSSR count). The number of aldehydes is 1. The lowest BCUT2D eigenvalue weighted by Crippen LogP contribution is -2.41. The predicted octanol–water partition coefficient (Wildman–Crippen LogP) is 1.51. The minimum Gasteiger partial charge on any atom is -0.359 e. The van der Waals surface area contributed by atoms with Crippen molar-refractivity contribution < 1.29 is 4.79 Å². The van der Waals surface area contributed by atoms with Gasteiger partial charge in [0.2, 0.25) is 0 Å². The summed E-state index contributed by atoms with van der Waals surface area (Å²) in [7, 11) is 0. The highest BCUT2D eigenvalue weighted by Crippen LogP contribution is 2.25. The summed E-state index contributed by atoms with van der Waals surface area (Å²) in [6.07, 6.45) is 5.56. The van der Waals surface area contributed by atoms with Gasteiger partial charge in [-0.05, 0) is 31.4 Å². The van der Waals surface area contributed by atoms with Crippen LogP contribution in [0, 0.1) is 11.3 Å². The summed E-state index contributed by atoms with van der Waals surface area (Å²) in [6, 6.07) is 5.62. The average Bonchev–Trinajstić information content (AvgIpc) is 2.38. The van der Waals surface area contributed by atoms with Crippen molar-refractivity contribution >= 4 is 12.0 Å². The number of carbonyl (C=O) groups is 1. The molecule has 0 spiro atoms. The molecule has 0 N–H and O–H groups in total. The van der Waals surface area contributed by atoms with E-state index in [1.54, 1.807) is 12.3 Å². The van der Waals surface area contributed by atoms with E-state index in [0.717, 1.165) is 37.8 Å². The van der Waals surface area contributed by atoms with Gasteiger partial charge in [-0.25, -0.2) is 4.98 Å². The molecular weight excluding hydrogens is 202 g/mol. The summed E-state index contributed by atoms with van der Waals surface area (Å²) in [5.41, 5.74) is 1.18. The number of carbonyl (C=O) groups excluding carboxylic acids is 1. The summed E-state index contributed by atoms with van der Waals surface area (Å²) in [5.74, 6) is 0. The van der Waals surface area contributed by atoms with Crippen LogP contribution in [0.25, 0.3) is 0 Å². The molecule has 0 radical (unpaired) electrons. The van der Waals surface area contributed by atoms with Gasteiger partial charge in [-0.1, -0.05) is 0 Å². The zero-order chi connectivity index (χ0) is 11.4. The molecule has 0 aromatic carbocycles. The summed E-state index contributed by atoms with van der Waals surface area (Å²) in [4.78, 5) is 17.0. The van der Waals surface area contributed by atoms with Gasteiger partial charge in [0.05, 0.1) is 11.7 Å². The quantitative estimate of drug-likeness (QED) is 0.702. The molecule has 0 saturated carbocycles. The minimum atomic E-state index is -0.106. The van der Waals surface area contributed by atoms with Crippen molar-refractivity contribution in [1.29, 1.82) is 5.26 Å². The van der Waals surface area contributed by atoms with Crippen LogP contribution in [-0.4, -0.2) is 23.9 Å². The van der Waals surface area contributed by atoms with E-state index in [1.165, 1.54) is 0 Å². The first-order chi connectivity index (χ1) is 7.86. The zero-order valence-electron chi connectivity index (χ0n) is 8.97. The second-order valence-corrected chi connectivity index (χ2v) is 3.88. The first-order valence-corrected chi connectivity index (χ1v) is 5.44. The van der Waals surface area contributed by atoms with E-state index in [0.29, 0.717) is 5.69 Å². The highest BCUT2D eigenvalue weighted by Gasteiger charge is 2.24. The second kappa shape index (κ2) is 4.75. The van der Waals surface area contributed by atoms with Crippen LogP contribution < -0.4 is 4.90 Å². The van der Waals surface area contributed by atoms with E-state index in [2.05, 4.69) is 11.1 Å². The van der Waals surface area contributed by atoms with E-state index in [4.69, 9.17) is 5.26 Å². The predicted molar refractivity (Wildman–Crippen MR) is 60.0 cm³/mol. The van der Waals surface area contributed by atoms with Gasteiger partial charge in [0.1, 0.15) is 12.4 Å². The monoisotopic (exact) mass is 215 g/mol. The normalized spacial score (nSPS) is 20.2. The number of nitrogens with zero attached hydrogens (tertiary/aromatic N) is 3. The first-order valence-electron chi connectivity index (χ1n) is 5.44. The zero-order valence-corrected chi connectivity index (χ0v) is 8.97.